The number of nitrogens with one attached hydrogen (secondary N) is 1. The number of ether oxygens (including phenoxy) is 1. The van der Waals surface area contributed by atoms with E-state index < -0.39 is 5.97 Å². The predicted molar refractivity (Wildman–Crippen MR) is 73.6 cm³/mol. The van der Waals surface area contributed by atoms with Crippen LogP contribution in [0.5, 0.6) is 0 Å². The third-order valence-electron chi connectivity index (χ3n) is 3.46. The van der Waals surface area contributed by atoms with Crippen LogP contribution in [-0.2, 0) is 16.0 Å². The highest BCUT2D eigenvalue weighted by atomic mass is 16.5. The largest absolute Gasteiger partial charge is 0.478 e. The number of benzene rings is 1. The second-order valence-corrected chi connectivity index (χ2v) is 5.12. The number of carboxylic acids is 1. The molecule has 2 unspecified atom stereocenters. The fourth-order valence-corrected chi connectivity index (χ4v) is 2.33. The summed E-state index contributed by atoms with van der Waals surface area (Å²) in [5.74, 6) is -0.980. The summed E-state index contributed by atoms with van der Waals surface area (Å²) in [7, 11) is 0. The normalized spacial score (nSPS) is 21.6. The molecule has 1 aromatic rings. The molecule has 5 heteroatoms. The first-order valence-electron chi connectivity index (χ1n) is 6.78. The molecule has 0 spiro atoms. The smallest absolute Gasteiger partial charge is 0.335 e. The van der Waals surface area contributed by atoms with Crippen LogP contribution in [-0.4, -0.2) is 36.2 Å². The van der Waals surface area contributed by atoms with Crippen molar-refractivity contribution in [1.82, 2.24) is 5.32 Å². The van der Waals surface area contributed by atoms with Gasteiger partial charge in [-0.15, -0.1) is 0 Å². The lowest BCUT2D eigenvalue weighted by Gasteiger charge is -2.09. The van der Waals surface area contributed by atoms with Crippen LogP contribution in [0.2, 0.25) is 0 Å². The van der Waals surface area contributed by atoms with E-state index in [4.69, 9.17) is 9.84 Å². The third kappa shape index (κ3) is 3.81. The van der Waals surface area contributed by atoms with Gasteiger partial charge in [0, 0.05) is 6.54 Å². The minimum absolute atomic E-state index is 0.0174. The van der Waals surface area contributed by atoms with E-state index >= 15 is 0 Å². The van der Waals surface area contributed by atoms with Gasteiger partial charge in [0.2, 0.25) is 5.91 Å². The first kappa shape index (κ1) is 14.5. The lowest BCUT2D eigenvalue weighted by atomic mass is 10.1. The Morgan fingerprint density at radius 1 is 1.45 bits per heavy atom. The molecule has 5 nitrogen and oxygen atoms in total. The van der Waals surface area contributed by atoms with Gasteiger partial charge in [-0.3, -0.25) is 4.79 Å². The van der Waals surface area contributed by atoms with E-state index in [1.807, 2.05) is 13.0 Å². The van der Waals surface area contributed by atoms with Crippen molar-refractivity contribution < 1.29 is 19.4 Å². The number of carbonyl (C=O) groups is 2. The maximum atomic E-state index is 11.9. The number of aromatic carboxylic acids is 1. The molecule has 1 amide bonds. The zero-order chi connectivity index (χ0) is 14.5. The van der Waals surface area contributed by atoms with Crippen LogP contribution in [0.15, 0.2) is 24.3 Å². The van der Waals surface area contributed by atoms with Crippen LogP contribution < -0.4 is 5.32 Å². The molecule has 1 fully saturated rings. The first-order valence-corrected chi connectivity index (χ1v) is 6.78. The molecule has 20 heavy (non-hydrogen) atoms. The summed E-state index contributed by atoms with van der Waals surface area (Å²) >= 11 is 0. The van der Waals surface area contributed by atoms with E-state index in [2.05, 4.69) is 5.32 Å². The number of carboxylic acid groups (broad SMARTS) is 1. The average molecular weight is 277 g/mol. The highest BCUT2D eigenvalue weighted by molar-refractivity contribution is 5.87. The zero-order valence-corrected chi connectivity index (χ0v) is 11.5. The van der Waals surface area contributed by atoms with Gasteiger partial charge in [0.25, 0.3) is 0 Å². The van der Waals surface area contributed by atoms with Crippen molar-refractivity contribution in [2.75, 3.05) is 13.2 Å². The van der Waals surface area contributed by atoms with Gasteiger partial charge >= 0.3 is 5.97 Å². The quantitative estimate of drug-likeness (QED) is 0.854. The van der Waals surface area contributed by atoms with Gasteiger partial charge in [0.05, 0.1) is 24.2 Å². The molecule has 1 heterocycles. The Hall–Kier alpha value is -1.88. The molecule has 108 valence electrons. The summed E-state index contributed by atoms with van der Waals surface area (Å²) in [5.41, 5.74) is 1.17. The van der Waals surface area contributed by atoms with Crippen molar-refractivity contribution in [2.24, 2.45) is 5.92 Å². The Bertz CT molecular complexity index is 500. The van der Waals surface area contributed by atoms with Gasteiger partial charge in [0.1, 0.15) is 0 Å². The minimum atomic E-state index is -0.937. The number of carbonyl (C=O) groups excluding carboxylic acids is 1. The summed E-state index contributed by atoms with van der Waals surface area (Å²) < 4.78 is 5.37. The van der Waals surface area contributed by atoms with Crippen LogP contribution in [0.4, 0.5) is 0 Å². The van der Waals surface area contributed by atoms with E-state index in [1.165, 1.54) is 0 Å². The van der Waals surface area contributed by atoms with E-state index in [9.17, 15) is 9.59 Å². The molecular weight excluding hydrogens is 258 g/mol. The van der Waals surface area contributed by atoms with Crippen molar-refractivity contribution >= 4 is 11.9 Å². The summed E-state index contributed by atoms with van der Waals surface area (Å²) in [6, 6.07) is 6.77. The second kappa shape index (κ2) is 6.52. The average Bonchev–Trinajstić information content (AvgIpc) is 2.86. The molecule has 1 aromatic carbocycles. The molecule has 2 rings (SSSR count). The van der Waals surface area contributed by atoms with Crippen molar-refractivity contribution in [1.29, 1.82) is 0 Å². The number of rotatable bonds is 5. The van der Waals surface area contributed by atoms with E-state index in [0.717, 1.165) is 12.0 Å². The van der Waals surface area contributed by atoms with Crippen molar-refractivity contribution in [3.63, 3.8) is 0 Å². The number of hydrogen-bond acceptors (Lipinski definition) is 3. The van der Waals surface area contributed by atoms with Crippen LogP contribution in [0.25, 0.3) is 0 Å². The highest BCUT2D eigenvalue weighted by Crippen LogP contribution is 2.18. The number of amides is 1. The second-order valence-electron chi connectivity index (χ2n) is 5.12. The lowest BCUT2D eigenvalue weighted by molar-refractivity contribution is -0.124. The van der Waals surface area contributed by atoms with Gasteiger partial charge in [-0.1, -0.05) is 12.1 Å². The maximum Gasteiger partial charge on any atom is 0.335 e. The third-order valence-corrected chi connectivity index (χ3v) is 3.46. The Balaban J connectivity index is 1.79. The minimum Gasteiger partial charge on any atom is -0.478 e. The monoisotopic (exact) mass is 277 g/mol. The molecule has 2 atom stereocenters. The molecule has 1 aliphatic heterocycles. The summed E-state index contributed by atoms with van der Waals surface area (Å²) in [6.07, 6.45) is 1.54. The lowest BCUT2D eigenvalue weighted by Crippen LogP contribution is -2.32. The van der Waals surface area contributed by atoms with E-state index in [0.29, 0.717) is 19.6 Å². The van der Waals surface area contributed by atoms with Gasteiger partial charge in [-0.05, 0) is 37.5 Å². The highest BCUT2D eigenvalue weighted by Gasteiger charge is 2.27. The van der Waals surface area contributed by atoms with Gasteiger partial charge in [-0.25, -0.2) is 4.79 Å². The summed E-state index contributed by atoms with van der Waals surface area (Å²) in [5, 5.41) is 11.8. The van der Waals surface area contributed by atoms with Crippen LogP contribution in [0, 0.1) is 5.92 Å². The van der Waals surface area contributed by atoms with Gasteiger partial charge in [0.15, 0.2) is 0 Å². The summed E-state index contributed by atoms with van der Waals surface area (Å²) in [4.78, 5) is 22.7. The van der Waals surface area contributed by atoms with Crippen LogP contribution in [0.1, 0.15) is 29.3 Å². The Morgan fingerprint density at radius 2 is 2.25 bits per heavy atom. The van der Waals surface area contributed by atoms with Gasteiger partial charge < -0.3 is 15.2 Å². The fraction of sp³-hybridized carbons (Fsp3) is 0.467. The standard InChI is InChI=1S/C15H19NO4/c1-10-7-13(9-20-10)14(17)16-6-5-11-3-2-4-12(8-11)15(18)19/h2-4,8,10,13H,5-7,9H2,1H3,(H,16,17)(H,18,19). The molecular formula is C15H19NO4. The summed E-state index contributed by atoms with van der Waals surface area (Å²) in [6.45, 7) is 2.96. The Labute approximate surface area is 117 Å². The van der Waals surface area contributed by atoms with Gasteiger partial charge in [-0.2, -0.15) is 0 Å². The molecule has 0 bridgehead atoms. The fourth-order valence-electron chi connectivity index (χ4n) is 2.33. The Kier molecular flexibility index (Phi) is 4.74. The first-order chi connectivity index (χ1) is 9.56. The van der Waals surface area contributed by atoms with Crippen molar-refractivity contribution in [2.45, 2.75) is 25.9 Å². The molecule has 1 saturated heterocycles. The van der Waals surface area contributed by atoms with E-state index in [1.54, 1.807) is 18.2 Å². The van der Waals surface area contributed by atoms with Crippen LogP contribution in [0.3, 0.4) is 0 Å². The molecule has 0 radical (unpaired) electrons. The predicted octanol–water partition coefficient (Wildman–Crippen LogP) is 1.47. The molecule has 0 saturated carbocycles. The van der Waals surface area contributed by atoms with Crippen molar-refractivity contribution in [3.05, 3.63) is 35.4 Å². The molecule has 2 N–H and O–H groups in total. The zero-order valence-electron chi connectivity index (χ0n) is 11.5. The molecule has 0 aliphatic carbocycles. The molecule has 1 aliphatic rings. The Morgan fingerprint density at radius 3 is 2.90 bits per heavy atom. The SMILES string of the molecule is CC1CC(C(=O)NCCc2cccc(C(=O)O)c2)CO1. The molecule has 0 aromatic heterocycles. The topological polar surface area (TPSA) is 75.6 Å². The van der Waals surface area contributed by atoms with Crippen molar-refractivity contribution in [3.8, 4) is 0 Å². The van der Waals surface area contributed by atoms with E-state index in [-0.39, 0.29) is 23.5 Å². The van der Waals surface area contributed by atoms with Crippen LogP contribution >= 0.6 is 0 Å². The number of hydrogen-bond donors (Lipinski definition) is 2. The maximum absolute atomic E-state index is 11.9.